The van der Waals surface area contributed by atoms with E-state index in [0.717, 1.165) is 16.8 Å². The maximum Gasteiger partial charge on any atom is 0.288 e. The molecule has 0 atom stereocenters. The smallest absolute Gasteiger partial charge is 0.236 e. The van der Waals surface area contributed by atoms with Crippen molar-refractivity contribution in [3.63, 3.8) is 0 Å². The summed E-state index contributed by atoms with van der Waals surface area (Å²) < 4.78 is 24.6. The summed E-state index contributed by atoms with van der Waals surface area (Å²) >= 11 is 6.64. The van der Waals surface area contributed by atoms with Crippen LogP contribution in [0.2, 0.25) is 5.15 Å². The van der Waals surface area contributed by atoms with Gasteiger partial charge in [0.25, 0.3) is 5.76 Å². The van der Waals surface area contributed by atoms with Gasteiger partial charge in [0, 0.05) is 16.0 Å². The minimum absolute atomic E-state index is 0.175. The highest BCUT2D eigenvalue weighted by Gasteiger charge is 2.15. The van der Waals surface area contributed by atoms with E-state index in [1.54, 1.807) is 24.3 Å². The number of thioether (sulfide) groups is 1. The van der Waals surface area contributed by atoms with Gasteiger partial charge in [-0.05, 0) is 18.1 Å². The molecular formula is C14H13ClF2N2S. The van der Waals surface area contributed by atoms with Crippen molar-refractivity contribution < 1.29 is 8.78 Å². The summed E-state index contributed by atoms with van der Waals surface area (Å²) in [7, 11) is 0. The van der Waals surface area contributed by atoms with Gasteiger partial charge in [0.05, 0.1) is 5.69 Å². The number of hydrogen-bond donors (Lipinski definition) is 0. The van der Waals surface area contributed by atoms with E-state index in [1.807, 2.05) is 13.8 Å². The van der Waals surface area contributed by atoms with E-state index in [-0.39, 0.29) is 5.92 Å². The summed E-state index contributed by atoms with van der Waals surface area (Å²) in [5.74, 6) is -2.24. The lowest BCUT2D eigenvalue weighted by Gasteiger charge is -2.13. The van der Waals surface area contributed by atoms with Crippen molar-refractivity contribution in [1.82, 2.24) is 9.97 Å². The SMILES string of the molecule is CC(C)c1c(Cl)ncnc1-c1ccc(SC(F)F)cc1. The van der Waals surface area contributed by atoms with Crippen LogP contribution in [0.4, 0.5) is 8.78 Å². The van der Waals surface area contributed by atoms with Crippen LogP contribution < -0.4 is 0 Å². The largest absolute Gasteiger partial charge is 0.288 e. The number of benzene rings is 1. The molecule has 6 heteroatoms. The lowest BCUT2D eigenvalue weighted by molar-refractivity contribution is 0.252. The third-order valence-electron chi connectivity index (χ3n) is 2.77. The number of aromatic nitrogens is 2. The highest BCUT2D eigenvalue weighted by Crippen LogP contribution is 2.33. The van der Waals surface area contributed by atoms with Crippen LogP contribution in [0, 0.1) is 0 Å². The molecule has 0 bridgehead atoms. The van der Waals surface area contributed by atoms with E-state index >= 15 is 0 Å². The first kappa shape index (κ1) is 15.2. The molecule has 0 saturated heterocycles. The Balaban J connectivity index is 2.39. The Morgan fingerprint density at radius 3 is 2.30 bits per heavy atom. The summed E-state index contributed by atoms with van der Waals surface area (Å²) in [6.07, 6.45) is 1.41. The number of rotatable bonds is 4. The molecule has 2 aromatic rings. The maximum atomic E-state index is 12.3. The monoisotopic (exact) mass is 314 g/mol. The second-order valence-electron chi connectivity index (χ2n) is 4.48. The summed E-state index contributed by atoms with van der Waals surface area (Å²) in [6.45, 7) is 4.02. The minimum Gasteiger partial charge on any atom is -0.236 e. The van der Waals surface area contributed by atoms with Crippen LogP contribution in [0.3, 0.4) is 0 Å². The van der Waals surface area contributed by atoms with Crippen LogP contribution in [-0.2, 0) is 0 Å². The third kappa shape index (κ3) is 3.46. The fourth-order valence-electron chi connectivity index (χ4n) is 1.91. The number of alkyl halides is 2. The fraction of sp³-hybridized carbons (Fsp3) is 0.286. The second-order valence-corrected chi connectivity index (χ2v) is 5.91. The van der Waals surface area contributed by atoms with E-state index in [1.165, 1.54) is 6.33 Å². The summed E-state index contributed by atoms with van der Waals surface area (Å²) in [5.41, 5.74) is 2.45. The molecule has 0 aliphatic carbocycles. The van der Waals surface area contributed by atoms with Gasteiger partial charge in [-0.2, -0.15) is 8.78 Å². The summed E-state index contributed by atoms with van der Waals surface area (Å²) in [5, 5.41) is 0.427. The Morgan fingerprint density at radius 2 is 1.75 bits per heavy atom. The first-order valence-corrected chi connectivity index (χ1v) is 7.30. The van der Waals surface area contributed by atoms with Gasteiger partial charge >= 0.3 is 0 Å². The van der Waals surface area contributed by atoms with Gasteiger partial charge < -0.3 is 0 Å². The van der Waals surface area contributed by atoms with Crippen molar-refractivity contribution in [3.8, 4) is 11.3 Å². The van der Waals surface area contributed by atoms with E-state index in [9.17, 15) is 8.78 Å². The molecule has 0 N–H and O–H groups in total. The topological polar surface area (TPSA) is 25.8 Å². The van der Waals surface area contributed by atoms with Gasteiger partial charge in [0.15, 0.2) is 0 Å². The third-order valence-corrected chi connectivity index (χ3v) is 3.79. The Morgan fingerprint density at radius 1 is 1.10 bits per heavy atom. The molecule has 0 fully saturated rings. The Kier molecular flexibility index (Phi) is 4.94. The zero-order chi connectivity index (χ0) is 14.7. The van der Waals surface area contributed by atoms with E-state index in [2.05, 4.69) is 9.97 Å². The van der Waals surface area contributed by atoms with E-state index < -0.39 is 5.76 Å². The van der Waals surface area contributed by atoms with Crippen molar-refractivity contribution in [1.29, 1.82) is 0 Å². The predicted octanol–water partition coefficient (Wildman–Crippen LogP) is 5.24. The molecular weight excluding hydrogens is 302 g/mol. The standard InChI is InChI=1S/C14H13ClF2N2S/c1-8(2)11-12(18-7-19-13(11)15)9-3-5-10(6-4-9)20-14(16)17/h3-8,14H,1-2H3. The molecule has 106 valence electrons. The zero-order valence-electron chi connectivity index (χ0n) is 11.0. The Hall–Kier alpha value is -1.20. The van der Waals surface area contributed by atoms with Crippen LogP contribution in [0.15, 0.2) is 35.5 Å². The molecule has 0 spiro atoms. The van der Waals surface area contributed by atoms with Crippen molar-refractivity contribution in [2.75, 3.05) is 0 Å². The van der Waals surface area contributed by atoms with Gasteiger partial charge in [-0.25, -0.2) is 9.97 Å². The van der Waals surface area contributed by atoms with E-state index in [4.69, 9.17) is 11.6 Å². The minimum atomic E-state index is -2.42. The van der Waals surface area contributed by atoms with Crippen molar-refractivity contribution in [2.24, 2.45) is 0 Å². The number of halogens is 3. The van der Waals surface area contributed by atoms with Crippen molar-refractivity contribution in [3.05, 3.63) is 41.3 Å². The molecule has 2 rings (SSSR count). The van der Waals surface area contributed by atoms with Crippen LogP contribution in [-0.4, -0.2) is 15.7 Å². The lowest BCUT2D eigenvalue weighted by Crippen LogP contribution is -1.99. The summed E-state index contributed by atoms with van der Waals surface area (Å²) in [4.78, 5) is 8.79. The molecule has 2 nitrogen and oxygen atoms in total. The highest BCUT2D eigenvalue weighted by atomic mass is 35.5. The number of nitrogens with zero attached hydrogens (tertiary/aromatic N) is 2. The average Bonchev–Trinajstić information content (AvgIpc) is 2.38. The molecule has 0 aliphatic rings. The predicted molar refractivity (Wildman–Crippen MR) is 78.4 cm³/mol. The normalized spacial score (nSPS) is 11.3. The zero-order valence-corrected chi connectivity index (χ0v) is 12.6. The summed E-state index contributed by atoms with van der Waals surface area (Å²) in [6, 6.07) is 6.86. The van der Waals surface area contributed by atoms with Gasteiger partial charge in [-0.3, -0.25) is 0 Å². The molecule has 20 heavy (non-hydrogen) atoms. The van der Waals surface area contributed by atoms with Gasteiger partial charge in [0.2, 0.25) is 0 Å². The average molecular weight is 315 g/mol. The van der Waals surface area contributed by atoms with Crippen LogP contribution >= 0.6 is 23.4 Å². The van der Waals surface area contributed by atoms with Gasteiger partial charge in [-0.1, -0.05) is 49.3 Å². The van der Waals surface area contributed by atoms with Crippen LogP contribution in [0.5, 0.6) is 0 Å². The second kappa shape index (κ2) is 6.50. The molecule has 0 amide bonds. The maximum absolute atomic E-state index is 12.3. The number of hydrogen-bond acceptors (Lipinski definition) is 3. The molecule has 0 aliphatic heterocycles. The molecule has 1 heterocycles. The van der Waals surface area contributed by atoms with Crippen LogP contribution in [0.25, 0.3) is 11.3 Å². The van der Waals surface area contributed by atoms with Gasteiger partial charge in [0.1, 0.15) is 11.5 Å². The van der Waals surface area contributed by atoms with Crippen molar-refractivity contribution >= 4 is 23.4 Å². The molecule has 0 radical (unpaired) electrons. The van der Waals surface area contributed by atoms with Gasteiger partial charge in [-0.15, -0.1) is 0 Å². The van der Waals surface area contributed by atoms with Crippen LogP contribution in [0.1, 0.15) is 25.3 Å². The highest BCUT2D eigenvalue weighted by molar-refractivity contribution is 7.99. The molecule has 1 aromatic heterocycles. The lowest BCUT2D eigenvalue weighted by atomic mass is 9.99. The Labute approximate surface area is 125 Å². The molecule has 1 aromatic carbocycles. The Bertz CT molecular complexity index is 588. The molecule has 0 saturated carbocycles. The molecule has 0 unspecified atom stereocenters. The first-order valence-electron chi connectivity index (χ1n) is 6.04. The van der Waals surface area contributed by atoms with Crippen molar-refractivity contribution in [2.45, 2.75) is 30.4 Å². The first-order chi connectivity index (χ1) is 9.49. The quantitative estimate of drug-likeness (QED) is 0.570. The fourth-order valence-corrected chi connectivity index (χ4v) is 2.76. The van der Waals surface area contributed by atoms with E-state index in [0.29, 0.717) is 21.8 Å².